The van der Waals surface area contributed by atoms with Crippen molar-refractivity contribution in [2.75, 3.05) is 5.73 Å². The first-order valence-electron chi connectivity index (χ1n) is 6.88. The minimum Gasteiger partial charge on any atom is -0.399 e. The number of nitrogens with two attached hydrogens (primary N) is 1. The Hall–Kier alpha value is -1.84. The molecule has 0 saturated heterocycles. The first-order valence-corrected chi connectivity index (χ1v) is 6.88. The van der Waals surface area contributed by atoms with Gasteiger partial charge in [0.1, 0.15) is 5.82 Å². The van der Waals surface area contributed by atoms with Crippen molar-refractivity contribution in [3.8, 4) is 0 Å². The van der Waals surface area contributed by atoms with Gasteiger partial charge in [0.25, 0.3) is 0 Å². The van der Waals surface area contributed by atoms with Crippen LogP contribution in [0.1, 0.15) is 41.5 Å². The molecule has 0 aliphatic heterocycles. The van der Waals surface area contributed by atoms with Gasteiger partial charge in [0.2, 0.25) is 0 Å². The number of rotatable bonds is 4. The van der Waals surface area contributed by atoms with Gasteiger partial charge in [-0.2, -0.15) is 5.10 Å². The predicted molar refractivity (Wildman–Crippen MR) is 76.0 cm³/mol. The van der Waals surface area contributed by atoms with Crippen LogP contribution in [0.4, 0.5) is 5.69 Å². The summed E-state index contributed by atoms with van der Waals surface area (Å²) in [6.45, 7) is 2.03. The number of aromatic nitrogens is 3. The van der Waals surface area contributed by atoms with Gasteiger partial charge < -0.3 is 5.73 Å². The molecule has 1 aromatic carbocycles. The summed E-state index contributed by atoms with van der Waals surface area (Å²) in [6, 6.07) is 6.29. The van der Waals surface area contributed by atoms with Gasteiger partial charge in [-0.05, 0) is 43.4 Å². The quantitative estimate of drug-likeness (QED) is 0.854. The molecule has 1 fully saturated rings. The highest BCUT2D eigenvalue weighted by Crippen LogP contribution is 2.38. The molecule has 1 heterocycles. The molecule has 19 heavy (non-hydrogen) atoms. The molecular formula is C15H20N4. The fraction of sp³-hybridized carbons (Fsp3) is 0.467. The fourth-order valence-electron chi connectivity index (χ4n) is 2.27. The average molecular weight is 256 g/mol. The van der Waals surface area contributed by atoms with Crippen LogP contribution in [-0.2, 0) is 19.9 Å². The molecule has 0 bridgehead atoms. The molecule has 1 aliphatic carbocycles. The number of hydrogen-bond acceptors (Lipinski definition) is 3. The number of nitrogens with zero attached hydrogens (tertiary/aromatic N) is 3. The van der Waals surface area contributed by atoms with E-state index in [1.807, 2.05) is 18.7 Å². The summed E-state index contributed by atoms with van der Waals surface area (Å²) in [5.41, 5.74) is 9.21. The zero-order chi connectivity index (χ0) is 13.4. The van der Waals surface area contributed by atoms with Crippen molar-refractivity contribution in [1.29, 1.82) is 0 Å². The van der Waals surface area contributed by atoms with E-state index in [2.05, 4.69) is 28.3 Å². The Morgan fingerprint density at radius 1 is 1.32 bits per heavy atom. The second-order valence-electron chi connectivity index (χ2n) is 5.48. The van der Waals surface area contributed by atoms with Crippen molar-refractivity contribution in [3.05, 3.63) is 41.0 Å². The van der Waals surface area contributed by atoms with Crippen molar-refractivity contribution in [3.63, 3.8) is 0 Å². The van der Waals surface area contributed by atoms with E-state index in [0.29, 0.717) is 5.92 Å². The van der Waals surface area contributed by atoms with Gasteiger partial charge >= 0.3 is 0 Å². The summed E-state index contributed by atoms with van der Waals surface area (Å²) in [5.74, 6) is 2.72. The maximum absolute atomic E-state index is 5.94. The topological polar surface area (TPSA) is 56.7 Å². The molecular weight excluding hydrogens is 236 g/mol. The minimum atomic E-state index is 0.620. The summed E-state index contributed by atoms with van der Waals surface area (Å²) in [7, 11) is 1.98. The first-order chi connectivity index (χ1) is 9.13. The van der Waals surface area contributed by atoms with Crippen LogP contribution in [0.2, 0.25) is 0 Å². The van der Waals surface area contributed by atoms with Gasteiger partial charge in [0.05, 0.1) is 0 Å². The summed E-state index contributed by atoms with van der Waals surface area (Å²) < 4.78 is 1.92. The SMILES string of the molecule is Cc1ccc(CCc2nc(C3CC3)nn2C)cc1N. The molecule has 100 valence electrons. The van der Waals surface area contributed by atoms with Gasteiger partial charge in [-0.1, -0.05) is 12.1 Å². The van der Waals surface area contributed by atoms with Gasteiger partial charge in [-0.25, -0.2) is 4.98 Å². The molecule has 1 saturated carbocycles. The van der Waals surface area contributed by atoms with Gasteiger partial charge in [-0.15, -0.1) is 0 Å². The van der Waals surface area contributed by atoms with Crippen LogP contribution in [0.5, 0.6) is 0 Å². The zero-order valence-corrected chi connectivity index (χ0v) is 11.6. The lowest BCUT2D eigenvalue weighted by Gasteiger charge is -2.04. The molecule has 1 aromatic heterocycles. The van der Waals surface area contributed by atoms with E-state index in [0.717, 1.165) is 35.7 Å². The van der Waals surface area contributed by atoms with Gasteiger partial charge in [-0.3, -0.25) is 4.68 Å². The predicted octanol–water partition coefficient (Wildman–Crippen LogP) is 2.37. The molecule has 0 unspecified atom stereocenters. The van der Waals surface area contributed by atoms with Crippen molar-refractivity contribution < 1.29 is 0 Å². The summed E-state index contributed by atoms with van der Waals surface area (Å²) in [5, 5.41) is 4.50. The standard InChI is InChI=1S/C15H20N4/c1-10-3-4-11(9-13(10)16)5-8-14-17-15(12-6-7-12)18-19(14)2/h3-4,9,12H,5-8,16H2,1-2H3. The van der Waals surface area contributed by atoms with E-state index in [-0.39, 0.29) is 0 Å². The van der Waals surface area contributed by atoms with Crippen LogP contribution in [0, 0.1) is 6.92 Å². The molecule has 0 spiro atoms. The summed E-state index contributed by atoms with van der Waals surface area (Å²) in [6.07, 6.45) is 4.37. The molecule has 4 heteroatoms. The largest absolute Gasteiger partial charge is 0.399 e. The van der Waals surface area contributed by atoms with Gasteiger partial charge in [0, 0.05) is 25.1 Å². The number of anilines is 1. The zero-order valence-electron chi connectivity index (χ0n) is 11.6. The van der Waals surface area contributed by atoms with Crippen molar-refractivity contribution in [2.24, 2.45) is 7.05 Å². The lowest BCUT2D eigenvalue weighted by Crippen LogP contribution is -2.02. The maximum Gasteiger partial charge on any atom is 0.154 e. The Labute approximate surface area is 113 Å². The smallest absolute Gasteiger partial charge is 0.154 e. The highest BCUT2D eigenvalue weighted by molar-refractivity contribution is 5.48. The van der Waals surface area contributed by atoms with E-state index in [4.69, 9.17) is 5.73 Å². The Balaban J connectivity index is 1.69. The van der Waals surface area contributed by atoms with E-state index < -0.39 is 0 Å². The third-order valence-corrected chi connectivity index (χ3v) is 3.79. The number of benzene rings is 1. The van der Waals surface area contributed by atoms with Crippen LogP contribution < -0.4 is 5.73 Å². The van der Waals surface area contributed by atoms with Gasteiger partial charge in [0.15, 0.2) is 5.82 Å². The Morgan fingerprint density at radius 2 is 2.11 bits per heavy atom. The highest BCUT2D eigenvalue weighted by Gasteiger charge is 2.28. The monoisotopic (exact) mass is 256 g/mol. The first kappa shape index (κ1) is 12.2. The Kier molecular flexibility index (Phi) is 3.01. The van der Waals surface area contributed by atoms with Crippen LogP contribution in [0.15, 0.2) is 18.2 Å². The highest BCUT2D eigenvalue weighted by atomic mass is 15.3. The summed E-state index contributed by atoms with van der Waals surface area (Å²) >= 11 is 0. The van der Waals surface area contributed by atoms with Crippen molar-refractivity contribution in [1.82, 2.24) is 14.8 Å². The Morgan fingerprint density at radius 3 is 2.79 bits per heavy atom. The average Bonchev–Trinajstić information content (AvgIpc) is 3.16. The molecule has 1 aliphatic rings. The van der Waals surface area contributed by atoms with Crippen LogP contribution >= 0.6 is 0 Å². The molecule has 3 rings (SSSR count). The molecule has 4 nitrogen and oxygen atoms in total. The Bertz CT molecular complexity index is 596. The number of nitrogen functional groups attached to an aromatic ring is 1. The van der Waals surface area contributed by atoms with E-state index in [1.54, 1.807) is 0 Å². The van der Waals surface area contributed by atoms with Crippen molar-refractivity contribution >= 4 is 5.69 Å². The normalized spacial score (nSPS) is 14.8. The van der Waals surface area contributed by atoms with Crippen LogP contribution in [0.3, 0.4) is 0 Å². The van der Waals surface area contributed by atoms with E-state index in [9.17, 15) is 0 Å². The fourth-order valence-corrected chi connectivity index (χ4v) is 2.27. The third kappa shape index (κ3) is 2.62. The number of aryl methyl sites for hydroxylation is 4. The van der Waals surface area contributed by atoms with Crippen molar-refractivity contribution in [2.45, 2.75) is 38.5 Å². The maximum atomic E-state index is 5.94. The van der Waals surface area contributed by atoms with Crippen LogP contribution in [-0.4, -0.2) is 14.8 Å². The molecule has 2 aromatic rings. The lowest BCUT2D eigenvalue weighted by molar-refractivity contribution is 0.686. The molecule has 2 N–H and O–H groups in total. The molecule has 0 amide bonds. The second kappa shape index (κ2) is 4.68. The van der Waals surface area contributed by atoms with E-state index in [1.165, 1.54) is 18.4 Å². The number of hydrogen-bond donors (Lipinski definition) is 1. The third-order valence-electron chi connectivity index (χ3n) is 3.79. The summed E-state index contributed by atoms with van der Waals surface area (Å²) in [4.78, 5) is 4.65. The molecule has 0 radical (unpaired) electrons. The lowest BCUT2D eigenvalue weighted by atomic mass is 10.1. The van der Waals surface area contributed by atoms with Crippen LogP contribution in [0.25, 0.3) is 0 Å². The minimum absolute atomic E-state index is 0.620. The molecule has 0 atom stereocenters. The second-order valence-corrected chi connectivity index (χ2v) is 5.48. The van der Waals surface area contributed by atoms with E-state index >= 15 is 0 Å².